The maximum absolute atomic E-state index is 12.9. The second-order valence-corrected chi connectivity index (χ2v) is 7.15. The zero-order chi connectivity index (χ0) is 24.2. The van der Waals surface area contributed by atoms with Crippen molar-refractivity contribution in [3.8, 4) is 34.5 Å². The van der Waals surface area contributed by atoms with Crippen LogP contribution in [0.3, 0.4) is 0 Å². The largest absolute Gasteiger partial charge is 0.496 e. The Morgan fingerprint density at radius 2 is 1.50 bits per heavy atom. The van der Waals surface area contributed by atoms with Crippen molar-refractivity contribution in [1.82, 2.24) is 0 Å². The summed E-state index contributed by atoms with van der Waals surface area (Å²) in [7, 11) is 6.00. The number of methoxy groups -OCH3 is 4. The predicted molar refractivity (Wildman–Crippen MR) is 123 cm³/mol. The van der Waals surface area contributed by atoms with Crippen LogP contribution in [-0.4, -0.2) is 40.2 Å². The van der Waals surface area contributed by atoms with E-state index in [2.05, 4.69) is 0 Å². The quantitative estimate of drug-likeness (QED) is 0.287. The van der Waals surface area contributed by atoms with Gasteiger partial charge in [0.2, 0.25) is 11.5 Å². The number of carbonyl (C=O) groups excluding carboxylic acids is 2. The van der Waals surface area contributed by atoms with Gasteiger partial charge in [0.15, 0.2) is 17.3 Å². The van der Waals surface area contributed by atoms with E-state index in [4.69, 9.17) is 28.4 Å². The molecule has 0 fully saturated rings. The van der Waals surface area contributed by atoms with E-state index < -0.39 is 5.97 Å². The van der Waals surface area contributed by atoms with Gasteiger partial charge in [-0.2, -0.15) is 0 Å². The number of allylic oxidation sites excluding steroid dienone is 1. The van der Waals surface area contributed by atoms with Gasteiger partial charge in [-0.25, -0.2) is 4.79 Å². The van der Waals surface area contributed by atoms with Crippen LogP contribution in [0.5, 0.6) is 34.5 Å². The smallest absolute Gasteiger partial charge is 0.347 e. The highest BCUT2D eigenvalue weighted by Gasteiger charge is 2.28. The van der Waals surface area contributed by atoms with Crippen molar-refractivity contribution < 1.29 is 38.0 Å². The Morgan fingerprint density at radius 3 is 2.15 bits per heavy atom. The molecular weight excluding hydrogens is 440 g/mol. The number of benzene rings is 3. The molecule has 3 aromatic rings. The van der Waals surface area contributed by atoms with Crippen LogP contribution in [0, 0.1) is 0 Å². The van der Waals surface area contributed by atoms with Crippen molar-refractivity contribution in [3.63, 3.8) is 0 Å². The molecule has 0 spiro atoms. The molecule has 0 saturated carbocycles. The van der Waals surface area contributed by atoms with E-state index in [9.17, 15) is 9.59 Å². The van der Waals surface area contributed by atoms with Gasteiger partial charge in [-0.15, -0.1) is 0 Å². The van der Waals surface area contributed by atoms with E-state index in [1.54, 1.807) is 48.5 Å². The van der Waals surface area contributed by atoms with Crippen molar-refractivity contribution in [2.75, 3.05) is 28.4 Å². The molecule has 8 heteroatoms. The molecular formula is C26H22O8. The summed E-state index contributed by atoms with van der Waals surface area (Å²) in [5.74, 6) is 1.47. The number of Topliss-reactive ketones (excluding diaryl/α,β-unsaturated/α-hetero) is 1. The van der Waals surface area contributed by atoms with Gasteiger partial charge < -0.3 is 28.4 Å². The number of hydrogen-bond donors (Lipinski definition) is 0. The zero-order valence-corrected chi connectivity index (χ0v) is 19.0. The van der Waals surface area contributed by atoms with Crippen LogP contribution in [0.15, 0.2) is 60.4 Å². The van der Waals surface area contributed by atoms with Crippen molar-refractivity contribution >= 4 is 17.8 Å². The van der Waals surface area contributed by atoms with Crippen LogP contribution in [0.2, 0.25) is 0 Å². The van der Waals surface area contributed by atoms with E-state index in [0.29, 0.717) is 34.1 Å². The lowest BCUT2D eigenvalue weighted by atomic mass is 10.1. The monoisotopic (exact) mass is 462 g/mol. The van der Waals surface area contributed by atoms with Gasteiger partial charge in [-0.1, -0.05) is 12.1 Å². The lowest BCUT2D eigenvalue weighted by Crippen LogP contribution is -2.10. The standard InChI is InChI=1S/C26H22O8/c1-29-19-8-6-5-7-18(19)26(28)33-16-9-10-17-20(14-16)34-21(24(17)27)11-15-12-22(30-2)25(32-4)23(13-15)31-3/h5-14H,1-4H3/b21-11-. The van der Waals surface area contributed by atoms with Crippen LogP contribution in [0.4, 0.5) is 0 Å². The number of rotatable bonds is 7. The molecule has 1 aliphatic heterocycles. The van der Waals surface area contributed by atoms with Crippen molar-refractivity contribution in [3.05, 3.63) is 77.0 Å². The normalized spacial score (nSPS) is 13.2. The van der Waals surface area contributed by atoms with Gasteiger partial charge in [0, 0.05) is 6.07 Å². The van der Waals surface area contributed by atoms with Gasteiger partial charge in [-0.05, 0) is 48.0 Å². The van der Waals surface area contributed by atoms with Gasteiger partial charge >= 0.3 is 5.97 Å². The van der Waals surface area contributed by atoms with Crippen LogP contribution >= 0.6 is 0 Å². The minimum absolute atomic E-state index is 0.109. The summed E-state index contributed by atoms with van der Waals surface area (Å²) < 4.78 is 32.5. The fraction of sp³-hybridized carbons (Fsp3) is 0.154. The molecule has 0 unspecified atom stereocenters. The molecule has 1 aliphatic rings. The maximum atomic E-state index is 12.9. The highest BCUT2D eigenvalue weighted by Crippen LogP contribution is 2.40. The topological polar surface area (TPSA) is 89.5 Å². The van der Waals surface area contributed by atoms with Gasteiger partial charge in [0.05, 0.1) is 34.0 Å². The van der Waals surface area contributed by atoms with Gasteiger partial charge in [-0.3, -0.25) is 4.79 Å². The fourth-order valence-corrected chi connectivity index (χ4v) is 3.54. The molecule has 0 aromatic heterocycles. The molecule has 3 aromatic carbocycles. The Kier molecular flexibility index (Phi) is 6.40. The zero-order valence-electron chi connectivity index (χ0n) is 19.0. The van der Waals surface area contributed by atoms with E-state index in [1.807, 2.05) is 0 Å². The Morgan fingerprint density at radius 1 is 0.824 bits per heavy atom. The molecule has 0 saturated heterocycles. The molecule has 0 bridgehead atoms. The number of carbonyl (C=O) groups is 2. The number of ether oxygens (including phenoxy) is 6. The summed E-state index contributed by atoms with van der Waals surface area (Å²) >= 11 is 0. The summed E-state index contributed by atoms with van der Waals surface area (Å²) in [6, 6.07) is 14.7. The second-order valence-electron chi connectivity index (χ2n) is 7.15. The second kappa shape index (κ2) is 9.58. The molecule has 4 rings (SSSR count). The highest BCUT2D eigenvalue weighted by atomic mass is 16.5. The Bertz CT molecular complexity index is 1270. The maximum Gasteiger partial charge on any atom is 0.347 e. The lowest BCUT2D eigenvalue weighted by molar-refractivity contribution is 0.0731. The van der Waals surface area contributed by atoms with E-state index >= 15 is 0 Å². The molecule has 0 radical (unpaired) electrons. The summed E-state index contributed by atoms with van der Waals surface area (Å²) in [6.07, 6.45) is 1.58. The van der Waals surface area contributed by atoms with Gasteiger partial charge in [0.25, 0.3) is 0 Å². The number of hydrogen-bond acceptors (Lipinski definition) is 8. The Balaban J connectivity index is 1.59. The van der Waals surface area contributed by atoms with Crippen molar-refractivity contribution in [2.45, 2.75) is 0 Å². The van der Waals surface area contributed by atoms with E-state index in [1.165, 1.54) is 40.6 Å². The summed E-state index contributed by atoms with van der Waals surface area (Å²) in [4.78, 5) is 25.4. The average molecular weight is 462 g/mol. The number of ketones is 1. The van der Waals surface area contributed by atoms with Crippen molar-refractivity contribution in [2.24, 2.45) is 0 Å². The Hall–Kier alpha value is -4.46. The molecule has 0 amide bonds. The van der Waals surface area contributed by atoms with Crippen LogP contribution in [0.25, 0.3) is 6.08 Å². The number of fused-ring (bicyclic) bond motifs is 1. The number of para-hydroxylation sites is 1. The average Bonchev–Trinajstić information content (AvgIpc) is 3.17. The third kappa shape index (κ3) is 4.25. The molecule has 0 aliphatic carbocycles. The molecule has 0 N–H and O–H groups in total. The summed E-state index contributed by atoms with van der Waals surface area (Å²) in [5, 5.41) is 0. The van der Waals surface area contributed by atoms with Crippen molar-refractivity contribution in [1.29, 1.82) is 0 Å². The Labute approximate surface area is 196 Å². The first-order valence-corrected chi connectivity index (χ1v) is 10.2. The molecule has 1 heterocycles. The van der Waals surface area contributed by atoms with Crippen LogP contribution < -0.4 is 28.4 Å². The number of esters is 1. The summed E-state index contributed by atoms with van der Waals surface area (Å²) in [5.41, 5.74) is 1.26. The first kappa shape index (κ1) is 22.7. The third-order valence-electron chi connectivity index (χ3n) is 5.16. The molecule has 8 nitrogen and oxygen atoms in total. The molecule has 174 valence electrons. The minimum atomic E-state index is -0.588. The third-order valence-corrected chi connectivity index (χ3v) is 5.16. The van der Waals surface area contributed by atoms with E-state index in [0.717, 1.165) is 0 Å². The van der Waals surface area contributed by atoms with Crippen LogP contribution in [-0.2, 0) is 0 Å². The minimum Gasteiger partial charge on any atom is -0.496 e. The first-order valence-electron chi connectivity index (χ1n) is 10.2. The molecule has 34 heavy (non-hydrogen) atoms. The SMILES string of the molecule is COc1ccccc1C(=O)Oc1ccc2c(c1)O/C(=C\c1cc(OC)c(OC)c(OC)c1)C2=O. The first-order chi connectivity index (χ1) is 16.5. The summed E-state index contributed by atoms with van der Waals surface area (Å²) in [6.45, 7) is 0. The fourth-order valence-electron chi connectivity index (χ4n) is 3.54. The molecule has 0 atom stereocenters. The van der Waals surface area contributed by atoms with E-state index in [-0.39, 0.29) is 28.6 Å². The predicted octanol–water partition coefficient (Wildman–Crippen LogP) is 4.56. The van der Waals surface area contributed by atoms with Gasteiger partial charge in [0.1, 0.15) is 22.8 Å². The lowest BCUT2D eigenvalue weighted by Gasteiger charge is -2.13. The highest BCUT2D eigenvalue weighted by molar-refractivity contribution is 6.14. The van der Waals surface area contributed by atoms with Crippen LogP contribution in [0.1, 0.15) is 26.3 Å².